The lowest BCUT2D eigenvalue weighted by Crippen LogP contribution is -2.36. The fourth-order valence-electron chi connectivity index (χ4n) is 3.45. The van der Waals surface area contributed by atoms with E-state index in [2.05, 4.69) is 17.4 Å². The normalized spacial score (nSPS) is 23.8. The van der Waals surface area contributed by atoms with Gasteiger partial charge in [-0.2, -0.15) is 0 Å². The molecule has 2 aromatic rings. The Morgan fingerprint density at radius 1 is 1.29 bits per heavy atom. The summed E-state index contributed by atoms with van der Waals surface area (Å²) >= 11 is 0. The summed E-state index contributed by atoms with van der Waals surface area (Å²) in [6, 6.07) is 6.39. The molecule has 3 nitrogen and oxygen atoms in total. The molecule has 3 atom stereocenters. The van der Waals surface area contributed by atoms with E-state index in [4.69, 9.17) is 4.42 Å². The lowest BCUT2D eigenvalue weighted by molar-refractivity contribution is 0.111. The zero-order chi connectivity index (χ0) is 16.9. The van der Waals surface area contributed by atoms with Crippen LogP contribution in [0.5, 0.6) is 0 Å². The lowest BCUT2D eigenvalue weighted by Gasteiger charge is -2.19. The predicted octanol–water partition coefficient (Wildman–Crippen LogP) is 4.28. The van der Waals surface area contributed by atoms with Crippen LogP contribution in [0.1, 0.15) is 31.4 Å². The van der Waals surface area contributed by atoms with Gasteiger partial charge in [-0.15, -0.1) is 0 Å². The summed E-state index contributed by atoms with van der Waals surface area (Å²) in [6.07, 6.45) is 4.70. The molecule has 1 aliphatic carbocycles. The first-order valence-electron chi connectivity index (χ1n) is 8.95. The molecule has 1 aromatic heterocycles. The molecule has 0 saturated carbocycles. The highest BCUT2D eigenvalue weighted by Gasteiger charge is 2.28. The van der Waals surface area contributed by atoms with Crippen LogP contribution < -0.4 is 5.32 Å². The van der Waals surface area contributed by atoms with Gasteiger partial charge in [0.1, 0.15) is 5.58 Å². The van der Waals surface area contributed by atoms with Crippen molar-refractivity contribution in [2.45, 2.75) is 44.5 Å². The Labute approximate surface area is 152 Å². The van der Waals surface area contributed by atoms with E-state index in [-0.39, 0.29) is 6.10 Å². The van der Waals surface area contributed by atoms with E-state index in [0.717, 1.165) is 25.0 Å². The smallest absolute Gasteiger partial charge is 0.134 e. The van der Waals surface area contributed by atoms with Gasteiger partial charge in [-0.05, 0) is 54.5 Å². The van der Waals surface area contributed by atoms with E-state index in [1.54, 1.807) is 6.26 Å². The second-order valence-electron chi connectivity index (χ2n) is 6.30. The molecule has 1 aliphatic heterocycles. The molecule has 0 spiro atoms. The Balaban J connectivity index is 0.000000815. The van der Waals surface area contributed by atoms with Crippen molar-refractivity contribution in [3.05, 3.63) is 35.6 Å². The third-order valence-corrected chi connectivity index (χ3v) is 7.67. The molecular weight excluding hydrogens is 338 g/mol. The van der Waals surface area contributed by atoms with E-state index >= 15 is 0 Å². The van der Waals surface area contributed by atoms with Crippen molar-refractivity contribution < 1.29 is 9.52 Å². The first-order valence-corrected chi connectivity index (χ1v) is 11.3. The standard InChI is InChI=1S/C17H21NO2S2.C2H6/c19-16(10-18-9-15-2-4-21-22-15)14-6-12-5-11-1-3-20-17(11)8-13(12)7-14;1-2/h1,3,5,8,14-16,18-19H,2,4,6-7,9-10H2;1-2H3. The highest BCUT2D eigenvalue weighted by molar-refractivity contribution is 8.77. The van der Waals surface area contributed by atoms with Crippen molar-refractivity contribution in [3.8, 4) is 0 Å². The molecule has 1 aromatic carbocycles. The monoisotopic (exact) mass is 365 g/mol. The summed E-state index contributed by atoms with van der Waals surface area (Å²) in [4.78, 5) is 0. The third kappa shape index (κ3) is 4.13. The Morgan fingerprint density at radius 2 is 2.08 bits per heavy atom. The van der Waals surface area contributed by atoms with Crippen LogP contribution in [0.3, 0.4) is 0 Å². The minimum atomic E-state index is -0.266. The van der Waals surface area contributed by atoms with Crippen molar-refractivity contribution >= 4 is 32.6 Å². The number of furan rings is 1. The van der Waals surface area contributed by atoms with Crippen LogP contribution in [0.25, 0.3) is 11.0 Å². The van der Waals surface area contributed by atoms with Gasteiger partial charge in [0.2, 0.25) is 0 Å². The van der Waals surface area contributed by atoms with Crippen LogP contribution in [-0.4, -0.2) is 35.3 Å². The maximum Gasteiger partial charge on any atom is 0.134 e. The molecule has 1 fully saturated rings. The van der Waals surface area contributed by atoms with E-state index in [1.165, 1.54) is 28.7 Å². The number of benzene rings is 1. The van der Waals surface area contributed by atoms with Crippen LogP contribution >= 0.6 is 21.6 Å². The summed E-state index contributed by atoms with van der Waals surface area (Å²) in [5, 5.41) is 15.8. The van der Waals surface area contributed by atoms with Crippen molar-refractivity contribution in [1.82, 2.24) is 5.32 Å². The predicted molar refractivity (Wildman–Crippen MR) is 106 cm³/mol. The van der Waals surface area contributed by atoms with Crippen LogP contribution in [0.4, 0.5) is 0 Å². The van der Waals surface area contributed by atoms with Crippen LogP contribution in [-0.2, 0) is 12.8 Å². The summed E-state index contributed by atoms with van der Waals surface area (Å²) in [5.41, 5.74) is 3.68. The number of fused-ring (bicyclic) bond motifs is 2. The van der Waals surface area contributed by atoms with Crippen molar-refractivity contribution in [2.24, 2.45) is 5.92 Å². The molecule has 2 N–H and O–H groups in total. The number of aliphatic hydroxyl groups is 1. The van der Waals surface area contributed by atoms with Crippen LogP contribution in [0.15, 0.2) is 28.9 Å². The molecule has 5 heteroatoms. The molecular formula is C19H27NO2S2. The molecule has 0 amide bonds. The van der Waals surface area contributed by atoms with Gasteiger partial charge in [0.05, 0.1) is 12.4 Å². The number of hydrogen-bond acceptors (Lipinski definition) is 5. The molecule has 4 rings (SSSR count). The maximum absolute atomic E-state index is 10.5. The first kappa shape index (κ1) is 18.2. The molecule has 0 radical (unpaired) electrons. The van der Waals surface area contributed by atoms with Gasteiger partial charge in [0.15, 0.2) is 0 Å². The Morgan fingerprint density at radius 3 is 2.83 bits per heavy atom. The second kappa shape index (κ2) is 8.65. The minimum absolute atomic E-state index is 0.266. The third-order valence-electron chi connectivity index (χ3n) is 4.74. The Kier molecular flexibility index (Phi) is 6.56. The average molecular weight is 366 g/mol. The Hall–Kier alpha value is -0.620. The molecule has 3 unspecified atom stereocenters. The number of hydrogen-bond donors (Lipinski definition) is 2. The first-order chi connectivity index (χ1) is 11.8. The summed E-state index contributed by atoms with van der Waals surface area (Å²) < 4.78 is 5.48. The van der Waals surface area contributed by atoms with E-state index < -0.39 is 0 Å². The van der Waals surface area contributed by atoms with Crippen molar-refractivity contribution in [1.29, 1.82) is 0 Å². The average Bonchev–Trinajstić information content (AvgIpc) is 3.34. The van der Waals surface area contributed by atoms with E-state index in [1.807, 2.05) is 41.5 Å². The Bertz CT molecular complexity index is 612. The van der Waals surface area contributed by atoms with Crippen molar-refractivity contribution in [3.63, 3.8) is 0 Å². The summed E-state index contributed by atoms with van der Waals surface area (Å²) in [5.74, 6) is 1.60. The quantitative estimate of drug-likeness (QED) is 0.775. The van der Waals surface area contributed by atoms with Gasteiger partial charge >= 0.3 is 0 Å². The molecule has 132 valence electrons. The zero-order valence-electron chi connectivity index (χ0n) is 14.5. The zero-order valence-corrected chi connectivity index (χ0v) is 16.1. The molecule has 1 saturated heterocycles. The van der Waals surface area contributed by atoms with E-state index in [9.17, 15) is 5.11 Å². The molecule has 0 bridgehead atoms. The number of nitrogens with one attached hydrogen (secondary N) is 1. The molecule has 24 heavy (non-hydrogen) atoms. The molecule has 2 heterocycles. The summed E-state index contributed by atoms with van der Waals surface area (Å²) in [7, 11) is 3.95. The molecule has 2 aliphatic rings. The van der Waals surface area contributed by atoms with Gasteiger partial charge < -0.3 is 14.8 Å². The summed E-state index contributed by atoms with van der Waals surface area (Å²) in [6.45, 7) is 5.72. The van der Waals surface area contributed by atoms with Gasteiger partial charge in [0.25, 0.3) is 0 Å². The van der Waals surface area contributed by atoms with Gasteiger partial charge in [0, 0.05) is 29.5 Å². The highest BCUT2D eigenvalue weighted by atomic mass is 33.1. The topological polar surface area (TPSA) is 45.4 Å². The van der Waals surface area contributed by atoms with Crippen LogP contribution in [0.2, 0.25) is 0 Å². The van der Waals surface area contributed by atoms with Gasteiger partial charge in [-0.1, -0.05) is 35.4 Å². The van der Waals surface area contributed by atoms with Crippen molar-refractivity contribution in [2.75, 3.05) is 18.8 Å². The number of rotatable bonds is 5. The van der Waals surface area contributed by atoms with Crippen LogP contribution in [0, 0.1) is 5.92 Å². The SMILES string of the molecule is CC.OC(CNCC1CCSS1)C1Cc2cc3ccoc3cc2C1. The largest absolute Gasteiger partial charge is 0.464 e. The van der Waals surface area contributed by atoms with E-state index in [0.29, 0.717) is 17.7 Å². The van der Waals surface area contributed by atoms with Gasteiger partial charge in [-0.25, -0.2) is 0 Å². The number of aliphatic hydroxyl groups excluding tert-OH is 1. The fraction of sp³-hybridized carbons (Fsp3) is 0.579. The maximum atomic E-state index is 10.5. The highest BCUT2D eigenvalue weighted by Crippen LogP contribution is 2.37. The lowest BCUT2D eigenvalue weighted by atomic mass is 9.99. The van der Waals surface area contributed by atoms with Gasteiger partial charge in [-0.3, -0.25) is 0 Å². The second-order valence-corrected chi connectivity index (χ2v) is 9.09. The minimum Gasteiger partial charge on any atom is -0.464 e. The fourth-order valence-corrected chi connectivity index (χ4v) is 6.32.